The zero-order chi connectivity index (χ0) is 9.84. The number of esters is 2. The van der Waals surface area contributed by atoms with E-state index < -0.39 is 5.97 Å². The molecule has 0 bridgehead atoms. The summed E-state index contributed by atoms with van der Waals surface area (Å²) in [6.45, 7) is 3.92. The van der Waals surface area contributed by atoms with Gasteiger partial charge in [0.05, 0.1) is 5.92 Å². The Bertz CT molecular complexity index is 253. The first-order chi connectivity index (χ1) is 6.20. The summed E-state index contributed by atoms with van der Waals surface area (Å²) in [4.78, 5) is 22.3. The molecule has 3 nitrogen and oxygen atoms in total. The highest BCUT2D eigenvalue weighted by Crippen LogP contribution is 2.27. The monoisotopic (exact) mass is 182 g/mol. The third-order valence-corrected chi connectivity index (χ3v) is 2.09. The SMILES string of the molecule is CCC=C1C(=O)OC(=O)C1CCC. The molecule has 1 unspecified atom stereocenters. The molecule has 1 heterocycles. The van der Waals surface area contributed by atoms with Crippen LogP contribution < -0.4 is 0 Å². The molecule has 0 aromatic heterocycles. The Morgan fingerprint density at radius 3 is 2.62 bits per heavy atom. The van der Waals surface area contributed by atoms with Gasteiger partial charge in [-0.05, 0) is 12.8 Å². The fourth-order valence-electron chi connectivity index (χ4n) is 1.50. The maximum absolute atomic E-state index is 11.2. The van der Waals surface area contributed by atoms with Crippen molar-refractivity contribution in [2.24, 2.45) is 5.92 Å². The van der Waals surface area contributed by atoms with Gasteiger partial charge >= 0.3 is 11.9 Å². The molecule has 0 aromatic carbocycles. The van der Waals surface area contributed by atoms with E-state index in [0.717, 1.165) is 12.8 Å². The van der Waals surface area contributed by atoms with Crippen LogP contribution in [0.15, 0.2) is 11.6 Å². The topological polar surface area (TPSA) is 43.4 Å². The lowest BCUT2D eigenvalue weighted by molar-refractivity contribution is -0.152. The zero-order valence-electron chi connectivity index (χ0n) is 8.00. The predicted molar refractivity (Wildman–Crippen MR) is 47.9 cm³/mol. The van der Waals surface area contributed by atoms with E-state index in [9.17, 15) is 9.59 Å². The van der Waals surface area contributed by atoms with Gasteiger partial charge in [0, 0.05) is 5.57 Å². The molecule has 0 aliphatic carbocycles. The molecule has 72 valence electrons. The summed E-state index contributed by atoms with van der Waals surface area (Å²) in [5, 5.41) is 0. The summed E-state index contributed by atoms with van der Waals surface area (Å²) < 4.78 is 4.55. The van der Waals surface area contributed by atoms with Crippen molar-refractivity contribution in [1.82, 2.24) is 0 Å². The van der Waals surface area contributed by atoms with Crippen molar-refractivity contribution in [2.45, 2.75) is 33.1 Å². The van der Waals surface area contributed by atoms with Crippen molar-refractivity contribution in [3.05, 3.63) is 11.6 Å². The van der Waals surface area contributed by atoms with Crippen LogP contribution in [0, 0.1) is 5.92 Å². The van der Waals surface area contributed by atoms with Crippen molar-refractivity contribution in [2.75, 3.05) is 0 Å². The molecule has 0 amide bonds. The van der Waals surface area contributed by atoms with Gasteiger partial charge in [0.25, 0.3) is 0 Å². The summed E-state index contributed by atoms with van der Waals surface area (Å²) in [6.07, 6.45) is 4.13. The predicted octanol–water partition coefficient (Wildman–Crippen LogP) is 1.82. The van der Waals surface area contributed by atoms with Crippen molar-refractivity contribution in [1.29, 1.82) is 0 Å². The Hall–Kier alpha value is -1.12. The number of hydrogen-bond donors (Lipinski definition) is 0. The molecule has 3 heteroatoms. The van der Waals surface area contributed by atoms with E-state index in [1.165, 1.54) is 0 Å². The highest BCUT2D eigenvalue weighted by Gasteiger charge is 2.37. The first-order valence-corrected chi connectivity index (χ1v) is 4.66. The lowest BCUT2D eigenvalue weighted by Gasteiger charge is -2.02. The fourth-order valence-corrected chi connectivity index (χ4v) is 1.50. The molecule has 1 atom stereocenters. The van der Waals surface area contributed by atoms with Gasteiger partial charge in [0.2, 0.25) is 0 Å². The molecule has 1 aliphatic rings. The summed E-state index contributed by atoms with van der Waals surface area (Å²) >= 11 is 0. The van der Waals surface area contributed by atoms with Crippen LogP contribution in [0.25, 0.3) is 0 Å². The van der Waals surface area contributed by atoms with E-state index in [-0.39, 0.29) is 11.9 Å². The number of carbonyl (C=O) groups excluding carboxylic acids is 2. The van der Waals surface area contributed by atoms with Gasteiger partial charge in [-0.25, -0.2) is 4.79 Å². The Kier molecular flexibility index (Phi) is 3.23. The molecule has 0 N–H and O–H groups in total. The molecule has 13 heavy (non-hydrogen) atoms. The van der Waals surface area contributed by atoms with E-state index in [1.807, 2.05) is 13.8 Å². The Morgan fingerprint density at radius 1 is 1.38 bits per heavy atom. The first-order valence-electron chi connectivity index (χ1n) is 4.66. The quantitative estimate of drug-likeness (QED) is 0.380. The molecule has 1 saturated heterocycles. The second kappa shape index (κ2) is 4.21. The third kappa shape index (κ3) is 1.97. The second-order valence-electron chi connectivity index (χ2n) is 3.12. The molecule has 1 rings (SSSR count). The first kappa shape index (κ1) is 9.96. The van der Waals surface area contributed by atoms with Gasteiger partial charge < -0.3 is 4.74 Å². The minimum absolute atomic E-state index is 0.308. The number of hydrogen-bond acceptors (Lipinski definition) is 3. The molecular formula is C10H14O3. The van der Waals surface area contributed by atoms with E-state index in [0.29, 0.717) is 12.0 Å². The largest absolute Gasteiger partial charge is 0.389 e. The minimum atomic E-state index is -0.453. The average molecular weight is 182 g/mol. The van der Waals surface area contributed by atoms with Crippen LogP contribution in [0.1, 0.15) is 33.1 Å². The van der Waals surface area contributed by atoms with Crippen molar-refractivity contribution in [3.8, 4) is 0 Å². The Balaban J connectivity index is 2.83. The van der Waals surface area contributed by atoms with Gasteiger partial charge in [0.15, 0.2) is 0 Å². The number of cyclic esters (lactones) is 2. The Morgan fingerprint density at radius 2 is 2.08 bits per heavy atom. The highest BCUT2D eigenvalue weighted by molar-refractivity contribution is 6.07. The number of allylic oxidation sites excluding steroid dienone is 1. The second-order valence-corrected chi connectivity index (χ2v) is 3.12. The third-order valence-electron chi connectivity index (χ3n) is 2.09. The zero-order valence-corrected chi connectivity index (χ0v) is 8.00. The minimum Gasteiger partial charge on any atom is -0.389 e. The summed E-state index contributed by atoms with van der Waals surface area (Å²) in [7, 11) is 0. The number of carbonyl (C=O) groups is 2. The summed E-state index contributed by atoms with van der Waals surface area (Å²) in [5.74, 6) is -1.14. The van der Waals surface area contributed by atoms with E-state index in [2.05, 4.69) is 4.74 Å². The highest BCUT2D eigenvalue weighted by atomic mass is 16.6. The van der Waals surface area contributed by atoms with E-state index in [1.54, 1.807) is 6.08 Å². The number of ether oxygens (including phenoxy) is 1. The van der Waals surface area contributed by atoms with Gasteiger partial charge in [-0.2, -0.15) is 0 Å². The average Bonchev–Trinajstić information content (AvgIpc) is 2.33. The lowest BCUT2D eigenvalue weighted by atomic mass is 9.96. The van der Waals surface area contributed by atoms with Crippen molar-refractivity contribution >= 4 is 11.9 Å². The van der Waals surface area contributed by atoms with Crippen LogP contribution in [-0.4, -0.2) is 11.9 Å². The maximum Gasteiger partial charge on any atom is 0.342 e. The normalized spacial score (nSPS) is 25.4. The lowest BCUT2D eigenvalue weighted by Crippen LogP contribution is -2.08. The maximum atomic E-state index is 11.2. The van der Waals surface area contributed by atoms with Crippen LogP contribution >= 0.6 is 0 Å². The van der Waals surface area contributed by atoms with Crippen LogP contribution in [0.4, 0.5) is 0 Å². The van der Waals surface area contributed by atoms with Crippen LogP contribution in [0.3, 0.4) is 0 Å². The van der Waals surface area contributed by atoms with Crippen molar-refractivity contribution < 1.29 is 14.3 Å². The smallest absolute Gasteiger partial charge is 0.342 e. The Labute approximate surface area is 77.8 Å². The fraction of sp³-hybridized carbons (Fsp3) is 0.600. The molecule has 0 spiro atoms. The van der Waals surface area contributed by atoms with Crippen LogP contribution in [-0.2, 0) is 14.3 Å². The van der Waals surface area contributed by atoms with Crippen molar-refractivity contribution in [3.63, 3.8) is 0 Å². The molecule has 1 aliphatic heterocycles. The summed E-state index contributed by atoms with van der Waals surface area (Å²) in [5.41, 5.74) is 0.550. The van der Waals surface area contributed by atoms with Crippen LogP contribution in [0.2, 0.25) is 0 Å². The summed E-state index contributed by atoms with van der Waals surface area (Å²) in [6, 6.07) is 0. The standard InChI is InChI=1S/C10H14O3/c1-3-5-7-8(6-4-2)10(12)13-9(7)11/h5,8H,3-4,6H2,1-2H3. The van der Waals surface area contributed by atoms with E-state index in [4.69, 9.17) is 0 Å². The molecule has 0 radical (unpaired) electrons. The number of rotatable bonds is 3. The van der Waals surface area contributed by atoms with E-state index >= 15 is 0 Å². The van der Waals surface area contributed by atoms with Gasteiger partial charge in [-0.1, -0.05) is 26.3 Å². The molecule has 1 fully saturated rings. The van der Waals surface area contributed by atoms with Crippen LogP contribution in [0.5, 0.6) is 0 Å². The molecule has 0 aromatic rings. The molecule has 0 saturated carbocycles. The van der Waals surface area contributed by atoms with Gasteiger partial charge in [0.1, 0.15) is 0 Å². The molecular weight excluding hydrogens is 168 g/mol. The van der Waals surface area contributed by atoms with Gasteiger partial charge in [-0.3, -0.25) is 4.79 Å². The van der Waals surface area contributed by atoms with Gasteiger partial charge in [-0.15, -0.1) is 0 Å².